The van der Waals surface area contributed by atoms with Gasteiger partial charge in [-0.3, -0.25) is 14.6 Å². The van der Waals surface area contributed by atoms with Gasteiger partial charge in [-0.1, -0.05) is 36.4 Å². The summed E-state index contributed by atoms with van der Waals surface area (Å²) in [6, 6.07) is 24.1. The Bertz CT molecular complexity index is 1550. The number of hydrogen-bond donors (Lipinski definition) is 6. The van der Waals surface area contributed by atoms with Crippen LogP contribution >= 0.6 is 0 Å². The van der Waals surface area contributed by atoms with E-state index in [0.717, 1.165) is 59.1 Å². The third-order valence-corrected chi connectivity index (χ3v) is 7.26. The quantitative estimate of drug-likeness (QED) is 0.173. The largest absolute Gasteiger partial charge is 0.465 e. The normalized spacial score (nSPS) is 16.5. The molecular formula is C31H32N6O4. The molecule has 0 radical (unpaired) electrons. The van der Waals surface area contributed by atoms with E-state index >= 15 is 0 Å². The Morgan fingerprint density at radius 3 is 2.22 bits per heavy atom. The lowest BCUT2D eigenvalue weighted by Crippen LogP contribution is -2.44. The van der Waals surface area contributed by atoms with Crippen molar-refractivity contribution >= 4 is 45.9 Å². The molecule has 3 amide bonds. The fourth-order valence-corrected chi connectivity index (χ4v) is 5.17. The number of pyridine rings is 1. The van der Waals surface area contributed by atoms with E-state index in [2.05, 4.69) is 38.4 Å². The predicted molar refractivity (Wildman–Crippen MR) is 159 cm³/mol. The van der Waals surface area contributed by atoms with Gasteiger partial charge in [0.1, 0.15) is 0 Å². The Morgan fingerprint density at radius 1 is 0.854 bits per heavy atom. The van der Waals surface area contributed by atoms with Gasteiger partial charge in [0, 0.05) is 35.0 Å². The van der Waals surface area contributed by atoms with Crippen LogP contribution in [0.4, 0.5) is 21.9 Å². The van der Waals surface area contributed by atoms with Gasteiger partial charge in [-0.05, 0) is 73.2 Å². The van der Waals surface area contributed by atoms with Crippen LogP contribution in [0.25, 0.3) is 22.0 Å². The van der Waals surface area contributed by atoms with Crippen molar-refractivity contribution in [2.75, 3.05) is 17.2 Å². The number of carbonyl (C=O) groups excluding carboxylic acids is 2. The predicted octanol–water partition coefficient (Wildman–Crippen LogP) is 4.85. The van der Waals surface area contributed by atoms with Crippen LogP contribution in [0.5, 0.6) is 0 Å². The molecule has 1 fully saturated rings. The minimum Gasteiger partial charge on any atom is -0.465 e. The van der Waals surface area contributed by atoms with Crippen LogP contribution in [0.1, 0.15) is 36.0 Å². The number of nitrogens with two attached hydrogens (primary N) is 1. The van der Waals surface area contributed by atoms with E-state index in [1.165, 1.54) is 6.20 Å². The van der Waals surface area contributed by atoms with Gasteiger partial charge in [0.25, 0.3) is 5.91 Å². The molecule has 1 saturated carbocycles. The number of aromatic nitrogens is 1. The maximum atomic E-state index is 12.2. The number of hydrogen-bond acceptors (Lipinski definition) is 6. The summed E-state index contributed by atoms with van der Waals surface area (Å²) in [6.07, 6.45) is 3.75. The van der Waals surface area contributed by atoms with E-state index in [-0.39, 0.29) is 24.5 Å². The Hall–Kier alpha value is -5.12. The number of nitrogens with zero attached hydrogens (tertiary/aromatic N) is 1. The van der Waals surface area contributed by atoms with E-state index in [0.29, 0.717) is 11.3 Å². The van der Waals surface area contributed by atoms with Crippen LogP contribution in [0.15, 0.2) is 79.0 Å². The number of nitrogens with one attached hydrogen (secondary N) is 4. The van der Waals surface area contributed by atoms with Crippen LogP contribution in [0.2, 0.25) is 0 Å². The summed E-state index contributed by atoms with van der Waals surface area (Å²) in [4.78, 5) is 39.1. The van der Waals surface area contributed by atoms with Gasteiger partial charge in [-0.25, -0.2) is 4.79 Å². The fraction of sp³-hybridized carbons (Fsp3) is 0.226. The molecule has 41 heavy (non-hydrogen) atoms. The van der Waals surface area contributed by atoms with Gasteiger partial charge in [-0.2, -0.15) is 0 Å². The highest BCUT2D eigenvalue weighted by molar-refractivity contribution is 6.08. The van der Waals surface area contributed by atoms with Gasteiger partial charge < -0.3 is 32.1 Å². The molecule has 0 atom stereocenters. The Kier molecular flexibility index (Phi) is 8.28. The number of anilines is 3. The van der Waals surface area contributed by atoms with Gasteiger partial charge in [0.05, 0.1) is 23.3 Å². The first-order valence-corrected chi connectivity index (χ1v) is 13.5. The number of rotatable bonds is 9. The summed E-state index contributed by atoms with van der Waals surface area (Å²) in [5.41, 5.74) is 11.2. The number of primary amides is 1. The number of fused-ring (bicyclic) bond motifs is 1. The average Bonchev–Trinajstić information content (AvgIpc) is 2.98. The van der Waals surface area contributed by atoms with Crippen LogP contribution in [-0.2, 0) is 4.79 Å². The minimum absolute atomic E-state index is 0.0530. The number of carbonyl (C=O) groups is 3. The standard InChI is InChI=1S/C31H32N6O4/c32-30(39)26-17-33-27-15-8-20(16-25(27)29(26)37-21-4-2-1-3-5-21)19-6-9-22(10-7-19)35-23-11-13-24(14-12-23)36-28(38)18-34-31(40)41/h1-10,15-17,23-24,34-35H,11-14,18H2,(H2,32,39)(H,33,37)(H,36,38)(H,40,41)/t23-,24+. The van der Waals surface area contributed by atoms with Gasteiger partial charge in [0.15, 0.2) is 0 Å². The topological polar surface area (TPSA) is 158 Å². The first-order chi connectivity index (χ1) is 19.9. The molecule has 0 aliphatic heterocycles. The fourth-order valence-electron chi connectivity index (χ4n) is 5.17. The van der Waals surface area contributed by atoms with Crippen molar-refractivity contribution in [2.24, 2.45) is 5.73 Å². The van der Waals surface area contributed by atoms with Crippen molar-refractivity contribution < 1.29 is 19.5 Å². The first-order valence-electron chi connectivity index (χ1n) is 13.5. The Morgan fingerprint density at radius 2 is 1.54 bits per heavy atom. The molecule has 1 aliphatic rings. The molecule has 1 aromatic heterocycles. The summed E-state index contributed by atoms with van der Waals surface area (Å²) in [6.45, 7) is -0.231. The van der Waals surface area contributed by atoms with Crippen LogP contribution in [0.3, 0.4) is 0 Å². The second kappa shape index (κ2) is 12.4. The highest BCUT2D eigenvalue weighted by Crippen LogP contribution is 2.33. The molecule has 4 aromatic rings. The molecule has 0 spiro atoms. The SMILES string of the molecule is NC(=O)c1cnc2ccc(-c3ccc(N[C@H]4CC[C@@H](NC(=O)CNC(=O)O)CC4)cc3)cc2c1Nc1ccccc1. The molecule has 10 nitrogen and oxygen atoms in total. The zero-order valence-electron chi connectivity index (χ0n) is 22.4. The summed E-state index contributed by atoms with van der Waals surface area (Å²) >= 11 is 0. The third kappa shape index (κ3) is 6.91. The molecule has 3 aromatic carbocycles. The van der Waals surface area contributed by atoms with Crippen molar-refractivity contribution in [3.05, 3.63) is 84.6 Å². The molecule has 1 aliphatic carbocycles. The number of carboxylic acid groups (broad SMARTS) is 1. The second-order valence-electron chi connectivity index (χ2n) is 10.1. The molecule has 10 heteroatoms. The van der Waals surface area contributed by atoms with E-state index in [9.17, 15) is 14.4 Å². The molecule has 0 saturated heterocycles. The molecule has 7 N–H and O–H groups in total. The van der Waals surface area contributed by atoms with Gasteiger partial charge >= 0.3 is 6.09 Å². The van der Waals surface area contributed by atoms with Crippen molar-refractivity contribution in [2.45, 2.75) is 37.8 Å². The third-order valence-electron chi connectivity index (χ3n) is 7.26. The lowest BCUT2D eigenvalue weighted by atomic mass is 9.91. The van der Waals surface area contributed by atoms with Crippen molar-refractivity contribution in [1.82, 2.24) is 15.6 Å². The minimum atomic E-state index is -1.21. The van der Waals surface area contributed by atoms with E-state index in [4.69, 9.17) is 10.8 Å². The maximum absolute atomic E-state index is 12.2. The Labute approximate surface area is 237 Å². The maximum Gasteiger partial charge on any atom is 0.405 e. The number of amides is 3. The molecule has 210 valence electrons. The monoisotopic (exact) mass is 552 g/mol. The van der Waals surface area contributed by atoms with E-state index in [1.807, 2.05) is 60.7 Å². The highest BCUT2D eigenvalue weighted by atomic mass is 16.4. The number of para-hydroxylation sites is 1. The summed E-state index contributed by atoms with van der Waals surface area (Å²) in [5, 5.41) is 21.4. The Balaban J connectivity index is 1.26. The van der Waals surface area contributed by atoms with E-state index < -0.39 is 12.0 Å². The average molecular weight is 553 g/mol. The summed E-state index contributed by atoms with van der Waals surface area (Å²) < 4.78 is 0. The first kappa shape index (κ1) is 27.4. The van der Waals surface area contributed by atoms with Crippen molar-refractivity contribution in [3.63, 3.8) is 0 Å². The molecule has 5 rings (SSSR count). The lowest BCUT2D eigenvalue weighted by molar-refractivity contribution is -0.121. The van der Waals surface area contributed by atoms with Crippen LogP contribution in [0, 0.1) is 0 Å². The number of benzene rings is 3. The van der Waals surface area contributed by atoms with Crippen molar-refractivity contribution in [1.29, 1.82) is 0 Å². The summed E-state index contributed by atoms with van der Waals surface area (Å²) in [7, 11) is 0. The van der Waals surface area contributed by atoms with Crippen LogP contribution < -0.4 is 27.0 Å². The van der Waals surface area contributed by atoms with Gasteiger partial charge in [0.2, 0.25) is 5.91 Å². The van der Waals surface area contributed by atoms with Gasteiger partial charge in [-0.15, -0.1) is 0 Å². The molecule has 1 heterocycles. The van der Waals surface area contributed by atoms with Crippen LogP contribution in [-0.4, -0.2) is 46.6 Å². The van der Waals surface area contributed by atoms with Crippen molar-refractivity contribution in [3.8, 4) is 11.1 Å². The zero-order chi connectivity index (χ0) is 28.8. The van der Waals surface area contributed by atoms with E-state index in [1.54, 1.807) is 0 Å². The second-order valence-corrected chi connectivity index (χ2v) is 10.1. The molecular weight excluding hydrogens is 520 g/mol. The zero-order valence-corrected chi connectivity index (χ0v) is 22.4. The summed E-state index contributed by atoms with van der Waals surface area (Å²) in [5.74, 6) is -0.858. The smallest absolute Gasteiger partial charge is 0.405 e. The molecule has 0 bridgehead atoms. The lowest BCUT2D eigenvalue weighted by Gasteiger charge is -2.30. The molecule has 0 unspecified atom stereocenters. The highest BCUT2D eigenvalue weighted by Gasteiger charge is 2.22.